The number of oxime groups is 1. The summed E-state index contributed by atoms with van der Waals surface area (Å²) in [5.41, 5.74) is 2.83. The summed E-state index contributed by atoms with van der Waals surface area (Å²) >= 11 is 0. The minimum absolute atomic E-state index is 0.768. The quantitative estimate of drug-likeness (QED) is 0.450. The maximum atomic E-state index is 8.70. The van der Waals surface area contributed by atoms with Crippen molar-refractivity contribution >= 4 is 11.4 Å². The third-order valence-electron chi connectivity index (χ3n) is 2.04. The highest BCUT2D eigenvalue weighted by Gasteiger charge is 2.13. The Morgan fingerprint density at radius 3 is 3.00 bits per heavy atom. The molecule has 0 spiro atoms. The van der Waals surface area contributed by atoms with E-state index < -0.39 is 0 Å². The van der Waals surface area contributed by atoms with Gasteiger partial charge in [-0.05, 0) is 6.07 Å². The second-order valence-corrected chi connectivity index (χ2v) is 2.77. The van der Waals surface area contributed by atoms with E-state index in [9.17, 15) is 0 Å². The number of rotatable bonds is 0. The summed E-state index contributed by atoms with van der Waals surface area (Å²) in [5.74, 6) is 0. The zero-order chi connectivity index (χ0) is 8.39. The van der Waals surface area contributed by atoms with Crippen molar-refractivity contribution in [2.24, 2.45) is 5.16 Å². The molecular weight excluding hydrogens is 152 g/mol. The van der Waals surface area contributed by atoms with Gasteiger partial charge >= 0.3 is 0 Å². The lowest BCUT2D eigenvalue weighted by Gasteiger charge is -2.17. The molecule has 0 saturated carbocycles. The van der Waals surface area contributed by atoms with Gasteiger partial charge in [0.2, 0.25) is 0 Å². The van der Waals surface area contributed by atoms with Crippen LogP contribution in [0.1, 0.15) is 12.0 Å². The third kappa shape index (κ3) is 1.03. The van der Waals surface area contributed by atoms with Crippen LogP contribution in [0.3, 0.4) is 0 Å². The largest absolute Gasteiger partial charge is 0.411 e. The highest BCUT2D eigenvalue weighted by atomic mass is 16.4. The van der Waals surface area contributed by atoms with Crippen LogP contribution in [0.2, 0.25) is 0 Å². The van der Waals surface area contributed by atoms with Gasteiger partial charge in [0.25, 0.3) is 0 Å². The zero-order valence-corrected chi connectivity index (χ0v) is 6.62. The van der Waals surface area contributed by atoms with Gasteiger partial charge in [-0.1, -0.05) is 23.4 Å². The van der Waals surface area contributed by atoms with Gasteiger partial charge in [-0.3, -0.25) is 0 Å². The minimum atomic E-state index is 0.768. The molecule has 1 aliphatic heterocycles. The normalized spacial score (nSPS) is 18.5. The van der Waals surface area contributed by atoms with Crippen LogP contribution in [0, 0.1) is 0 Å². The Kier molecular flexibility index (Phi) is 1.70. The maximum absolute atomic E-state index is 8.70. The molecule has 1 aromatic carbocycles. The summed E-state index contributed by atoms with van der Waals surface area (Å²) in [6, 6.07) is 7.85. The van der Waals surface area contributed by atoms with Crippen molar-refractivity contribution in [2.75, 3.05) is 11.9 Å². The first-order valence-corrected chi connectivity index (χ1v) is 3.96. The van der Waals surface area contributed by atoms with Crippen molar-refractivity contribution in [3.05, 3.63) is 29.8 Å². The van der Waals surface area contributed by atoms with Crippen molar-refractivity contribution in [2.45, 2.75) is 6.42 Å². The summed E-state index contributed by atoms with van der Waals surface area (Å²) in [6.07, 6.45) is 0.785. The molecule has 12 heavy (non-hydrogen) atoms. The molecule has 1 aromatic rings. The first-order chi connectivity index (χ1) is 5.92. The Morgan fingerprint density at radius 2 is 2.17 bits per heavy atom. The van der Waals surface area contributed by atoms with E-state index in [0.717, 1.165) is 29.9 Å². The molecule has 1 heterocycles. The first-order valence-electron chi connectivity index (χ1n) is 3.96. The minimum Gasteiger partial charge on any atom is -0.411 e. The predicted molar refractivity (Wildman–Crippen MR) is 47.9 cm³/mol. The van der Waals surface area contributed by atoms with Gasteiger partial charge in [0.15, 0.2) is 0 Å². The summed E-state index contributed by atoms with van der Waals surface area (Å²) in [7, 11) is 0. The van der Waals surface area contributed by atoms with E-state index in [1.165, 1.54) is 0 Å². The smallest absolute Gasteiger partial charge is 0.0906 e. The lowest BCUT2D eigenvalue weighted by atomic mass is 10.0. The fourth-order valence-electron chi connectivity index (χ4n) is 1.44. The van der Waals surface area contributed by atoms with Crippen molar-refractivity contribution in [3.8, 4) is 0 Å². The molecule has 0 saturated heterocycles. The monoisotopic (exact) mass is 162 g/mol. The predicted octanol–water partition coefficient (Wildman–Crippen LogP) is 1.68. The molecular formula is C9H10N2O. The molecule has 3 heteroatoms. The molecule has 3 nitrogen and oxygen atoms in total. The second kappa shape index (κ2) is 2.85. The first kappa shape index (κ1) is 7.16. The molecule has 2 rings (SSSR count). The number of para-hydroxylation sites is 1. The van der Waals surface area contributed by atoms with Crippen LogP contribution in [-0.2, 0) is 0 Å². The molecule has 0 unspecified atom stereocenters. The molecule has 0 radical (unpaired) electrons. The van der Waals surface area contributed by atoms with Crippen LogP contribution in [-0.4, -0.2) is 17.5 Å². The lowest BCUT2D eigenvalue weighted by Crippen LogP contribution is -2.18. The van der Waals surface area contributed by atoms with Crippen molar-refractivity contribution in [1.82, 2.24) is 0 Å². The van der Waals surface area contributed by atoms with Crippen molar-refractivity contribution in [3.63, 3.8) is 0 Å². The second-order valence-electron chi connectivity index (χ2n) is 2.77. The van der Waals surface area contributed by atoms with Crippen LogP contribution < -0.4 is 5.32 Å². The van der Waals surface area contributed by atoms with E-state index in [-0.39, 0.29) is 0 Å². The zero-order valence-electron chi connectivity index (χ0n) is 6.62. The fraction of sp³-hybridized carbons (Fsp3) is 0.222. The highest BCUT2D eigenvalue weighted by molar-refractivity contribution is 6.06. The average Bonchev–Trinajstić information content (AvgIpc) is 2.17. The van der Waals surface area contributed by atoms with Gasteiger partial charge in [0, 0.05) is 24.2 Å². The van der Waals surface area contributed by atoms with Crippen molar-refractivity contribution < 1.29 is 5.21 Å². The van der Waals surface area contributed by atoms with E-state index in [0.29, 0.717) is 0 Å². The van der Waals surface area contributed by atoms with Gasteiger partial charge in [0.1, 0.15) is 0 Å². The summed E-state index contributed by atoms with van der Waals surface area (Å²) in [6.45, 7) is 0.844. The van der Waals surface area contributed by atoms with Crippen LogP contribution in [0.15, 0.2) is 29.4 Å². The van der Waals surface area contributed by atoms with Crippen LogP contribution >= 0.6 is 0 Å². The Balaban J connectivity index is 2.51. The maximum Gasteiger partial charge on any atom is 0.0906 e. The number of hydrogen-bond donors (Lipinski definition) is 2. The van der Waals surface area contributed by atoms with Gasteiger partial charge in [-0.2, -0.15) is 0 Å². The summed E-state index contributed by atoms with van der Waals surface area (Å²) in [5, 5.41) is 15.2. The number of anilines is 1. The topological polar surface area (TPSA) is 44.6 Å². The number of hydrogen-bond acceptors (Lipinski definition) is 3. The highest BCUT2D eigenvalue weighted by Crippen LogP contribution is 2.21. The Labute approximate surface area is 70.7 Å². The van der Waals surface area contributed by atoms with E-state index in [2.05, 4.69) is 10.5 Å². The Hall–Kier alpha value is -1.51. The molecule has 0 aliphatic carbocycles. The van der Waals surface area contributed by atoms with Gasteiger partial charge in [-0.15, -0.1) is 0 Å². The van der Waals surface area contributed by atoms with E-state index in [1.807, 2.05) is 24.3 Å². The van der Waals surface area contributed by atoms with Gasteiger partial charge in [-0.25, -0.2) is 0 Å². The number of benzene rings is 1. The van der Waals surface area contributed by atoms with E-state index >= 15 is 0 Å². The Bertz CT molecular complexity index is 320. The Morgan fingerprint density at radius 1 is 1.33 bits per heavy atom. The molecule has 0 aromatic heterocycles. The molecule has 0 atom stereocenters. The van der Waals surface area contributed by atoms with E-state index in [1.54, 1.807) is 0 Å². The summed E-state index contributed by atoms with van der Waals surface area (Å²) in [4.78, 5) is 0. The lowest BCUT2D eigenvalue weighted by molar-refractivity contribution is 0.318. The van der Waals surface area contributed by atoms with E-state index in [4.69, 9.17) is 5.21 Å². The SMILES string of the molecule is ON=C1CCNc2ccccc21. The molecule has 0 bridgehead atoms. The molecule has 0 fully saturated rings. The fourth-order valence-corrected chi connectivity index (χ4v) is 1.44. The molecule has 2 N–H and O–H groups in total. The molecule has 0 amide bonds. The summed E-state index contributed by atoms with van der Waals surface area (Å²) < 4.78 is 0. The van der Waals surface area contributed by atoms with Crippen LogP contribution in [0.25, 0.3) is 0 Å². The number of nitrogens with one attached hydrogen (secondary N) is 1. The third-order valence-corrected chi connectivity index (χ3v) is 2.04. The number of nitrogens with zero attached hydrogens (tertiary/aromatic N) is 1. The van der Waals surface area contributed by atoms with Gasteiger partial charge < -0.3 is 10.5 Å². The van der Waals surface area contributed by atoms with Crippen molar-refractivity contribution in [1.29, 1.82) is 0 Å². The molecule has 1 aliphatic rings. The molecule has 62 valence electrons. The number of fused-ring (bicyclic) bond motifs is 1. The van der Waals surface area contributed by atoms with Gasteiger partial charge in [0.05, 0.1) is 5.71 Å². The average molecular weight is 162 g/mol. The standard InChI is InChI=1S/C9H10N2O/c12-11-9-5-6-10-8-4-2-1-3-7(8)9/h1-4,10,12H,5-6H2. The van der Waals surface area contributed by atoms with Crippen LogP contribution in [0.5, 0.6) is 0 Å². The van der Waals surface area contributed by atoms with Crippen LogP contribution in [0.4, 0.5) is 5.69 Å².